The van der Waals surface area contributed by atoms with Crippen molar-refractivity contribution in [3.8, 4) is 10.6 Å². The summed E-state index contributed by atoms with van der Waals surface area (Å²) < 4.78 is 25.0. The van der Waals surface area contributed by atoms with Gasteiger partial charge >= 0.3 is 0 Å². The Hall–Kier alpha value is -2.96. The van der Waals surface area contributed by atoms with Crippen molar-refractivity contribution >= 4 is 47.1 Å². The molecule has 4 heterocycles. The number of thiazole rings is 1. The van der Waals surface area contributed by atoms with Crippen LogP contribution in [0.15, 0.2) is 36.9 Å². The number of thiol groups is 1. The third-order valence-electron chi connectivity index (χ3n) is 4.46. The number of H-pyrrole nitrogens is 1. The largest absolute Gasteiger partial charge is 0.399 e. The van der Waals surface area contributed by atoms with Crippen LogP contribution in [0, 0.1) is 0 Å². The molecule has 0 aromatic carbocycles. The van der Waals surface area contributed by atoms with E-state index in [1.54, 1.807) is 12.3 Å². The number of alkyl halides is 2. The second-order valence-electron chi connectivity index (χ2n) is 7.38. The van der Waals surface area contributed by atoms with Gasteiger partial charge in [0.25, 0.3) is 0 Å². The summed E-state index contributed by atoms with van der Waals surface area (Å²) in [4.78, 5) is 30.6. The van der Waals surface area contributed by atoms with Gasteiger partial charge in [0.1, 0.15) is 11.2 Å². The highest BCUT2D eigenvalue weighted by Gasteiger charge is 2.14. The normalized spacial score (nSPS) is 12.1. The Morgan fingerprint density at radius 1 is 1.28 bits per heavy atom. The Morgan fingerprint density at radius 3 is 2.56 bits per heavy atom. The third-order valence-corrected chi connectivity index (χ3v) is 5.92. The Kier molecular flexibility index (Phi) is 12.4. The Labute approximate surface area is 218 Å². The maximum Gasteiger partial charge on any atom is 0.242 e. The number of nitrogen functional groups attached to an aromatic ring is 1. The second-order valence-corrected chi connectivity index (χ2v) is 9.18. The molecule has 8 nitrogen and oxygen atoms in total. The minimum Gasteiger partial charge on any atom is -0.399 e. The summed E-state index contributed by atoms with van der Waals surface area (Å²) in [6, 6.07) is 3.63. The molecule has 1 saturated carbocycles. The number of nitrogens with zero attached hydrogens (tertiary/aromatic N) is 4. The molecule has 1 aliphatic carbocycles. The third kappa shape index (κ3) is 9.59. The van der Waals surface area contributed by atoms with Gasteiger partial charge in [-0.1, -0.05) is 13.8 Å². The van der Waals surface area contributed by atoms with Crippen LogP contribution in [0.4, 0.5) is 14.5 Å². The molecule has 12 heteroatoms. The maximum absolute atomic E-state index is 12.5. The maximum atomic E-state index is 12.5. The Morgan fingerprint density at radius 2 is 2.00 bits per heavy atom. The molecule has 4 aromatic heterocycles. The van der Waals surface area contributed by atoms with Crippen LogP contribution in [0.25, 0.3) is 21.7 Å². The van der Waals surface area contributed by atoms with Crippen molar-refractivity contribution in [3.05, 3.63) is 53.2 Å². The Bertz CT molecular complexity index is 1210. The van der Waals surface area contributed by atoms with Crippen LogP contribution in [-0.2, 0) is 13.0 Å². The van der Waals surface area contributed by atoms with Gasteiger partial charge in [-0.25, -0.2) is 23.7 Å². The van der Waals surface area contributed by atoms with Crippen molar-refractivity contribution in [1.29, 1.82) is 0 Å². The first-order valence-electron chi connectivity index (χ1n) is 11.4. The van der Waals surface area contributed by atoms with E-state index in [-0.39, 0.29) is 6.42 Å². The van der Waals surface area contributed by atoms with Gasteiger partial charge in [-0.3, -0.25) is 9.78 Å². The monoisotopic (exact) mass is 535 g/mol. The Balaban J connectivity index is 0.000000236. The molecule has 0 radical (unpaired) electrons. The molecule has 194 valence electrons. The molecule has 1 aliphatic rings. The fourth-order valence-corrected chi connectivity index (χ4v) is 3.53. The molecule has 0 spiro atoms. The van der Waals surface area contributed by atoms with Crippen LogP contribution in [0.2, 0.25) is 0 Å². The van der Waals surface area contributed by atoms with Crippen molar-refractivity contribution in [3.63, 3.8) is 0 Å². The van der Waals surface area contributed by atoms with Gasteiger partial charge in [-0.2, -0.15) is 12.6 Å². The summed E-state index contributed by atoms with van der Waals surface area (Å²) in [7, 11) is 1.88. The molecule has 0 amide bonds. The fourth-order valence-electron chi connectivity index (χ4n) is 2.69. The lowest BCUT2D eigenvalue weighted by Gasteiger charge is -1.99. The number of rotatable bonds is 6. The number of carbonyl (C=O) groups is 1. The molecule has 4 aromatic rings. The minimum atomic E-state index is -2.44. The van der Waals surface area contributed by atoms with Gasteiger partial charge in [0.05, 0.1) is 16.8 Å². The highest BCUT2D eigenvalue weighted by atomic mass is 32.1. The van der Waals surface area contributed by atoms with Crippen molar-refractivity contribution in [1.82, 2.24) is 30.2 Å². The van der Waals surface area contributed by atoms with E-state index in [1.807, 2.05) is 27.0 Å². The standard InChI is InChI=1S/C12H8F2N4OS.C7H11N3.C3H6S.C2H6/c13-9(14)1-6-2-16-12-11(6)18-7(3-17-12)8-4-15-10(5-19)20-8;1-9-5-7-4-6(8)2-3-10-7;4-3-1-2-3;1-2/h2-5,9H,1H2,(H,16,17);2-4,9H,5H2,1H3,(H2,8,10);3-4H,1-2H2;1-2H3. The fraction of sp³-hybridized carbons (Fsp3) is 0.375. The van der Waals surface area contributed by atoms with Crippen LogP contribution in [0.3, 0.4) is 0 Å². The highest BCUT2D eigenvalue weighted by Crippen LogP contribution is 2.26. The average Bonchev–Trinajstić information content (AvgIpc) is 3.34. The number of halogens is 2. The minimum absolute atomic E-state index is 0.337. The van der Waals surface area contributed by atoms with Gasteiger partial charge in [-0.05, 0) is 32.0 Å². The van der Waals surface area contributed by atoms with Gasteiger partial charge in [0, 0.05) is 48.1 Å². The van der Waals surface area contributed by atoms with Crippen LogP contribution < -0.4 is 11.1 Å². The van der Waals surface area contributed by atoms with E-state index in [4.69, 9.17) is 5.73 Å². The quantitative estimate of drug-likeness (QED) is 0.198. The lowest BCUT2D eigenvalue weighted by molar-refractivity contribution is 0.112. The van der Waals surface area contributed by atoms with Crippen molar-refractivity contribution in [2.75, 3.05) is 12.8 Å². The SMILES string of the molecule is CC.CNCc1cc(N)ccn1.O=Cc1ncc(-c2cnc3[nH]cc(CC(F)F)c3n2)s1.SC1CC1. The zero-order valence-corrected chi connectivity index (χ0v) is 22.1. The van der Waals surface area contributed by atoms with Crippen molar-refractivity contribution in [2.24, 2.45) is 0 Å². The predicted octanol–water partition coefficient (Wildman–Crippen LogP) is 5.19. The average molecular weight is 536 g/mol. The molecular formula is C24H31F2N7OS2. The number of fused-ring (bicyclic) bond motifs is 1. The first kappa shape index (κ1) is 29.3. The number of aldehydes is 1. The van der Waals surface area contributed by atoms with Gasteiger partial charge in [0.15, 0.2) is 16.9 Å². The smallest absolute Gasteiger partial charge is 0.242 e. The van der Waals surface area contributed by atoms with Gasteiger partial charge in [0.2, 0.25) is 6.43 Å². The molecule has 0 saturated heterocycles. The predicted molar refractivity (Wildman–Crippen MR) is 145 cm³/mol. The van der Waals surface area contributed by atoms with Crippen LogP contribution in [0.5, 0.6) is 0 Å². The number of aromatic amines is 1. The van der Waals surface area contributed by atoms with Crippen LogP contribution in [0.1, 0.15) is 47.7 Å². The first-order valence-corrected chi connectivity index (χ1v) is 12.8. The molecule has 36 heavy (non-hydrogen) atoms. The number of hydrogen-bond donors (Lipinski definition) is 4. The number of carbonyl (C=O) groups excluding carboxylic acids is 1. The lowest BCUT2D eigenvalue weighted by atomic mass is 10.2. The molecule has 0 bridgehead atoms. The molecular weight excluding hydrogens is 504 g/mol. The van der Waals surface area contributed by atoms with Crippen molar-refractivity contribution < 1.29 is 13.6 Å². The molecule has 0 aliphatic heterocycles. The summed E-state index contributed by atoms with van der Waals surface area (Å²) in [5.74, 6) is 0. The van der Waals surface area contributed by atoms with E-state index < -0.39 is 6.43 Å². The second kappa shape index (κ2) is 15.2. The van der Waals surface area contributed by atoms with E-state index in [9.17, 15) is 13.6 Å². The molecule has 0 unspecified atom stereocenters. The van der Waals surface area contributed by atoms with Gasteiger partial charge < -0.3 is 16.0 Å². The highest BCUT2D eigenvalue weighted by molar-refractivity contribution is 7.81. The van der Waals surface area contributed by atoms with Crippen molar-refractivity contribution in [2.45, 2.75) is 51.3 Å². The summed E-state index contributed by atoms with van der Waals surface area (Å²) in [6.07, 6.45) is 6.78. The number of aromatic nitrogens is 5. The summed E-state index contributed by atoms with van der Waals surface area (Å²) >= 11 is 5.25. The molecule has 0 atom stereocenters. The molecule has 5 rings (SSSR count). The number of nitrogens with two attached hydrogens (primary N) is 1. The summed E-state index contributed by atoms with van der Waals surface area (Å²) in [5.41, 5.74) is 9.08. The summed E-state index contributed by atoms with van der Waals surface area (Å²) in [5, 5.41) is 4.11. The first-order chi connectivity index (χ1) is 17.4. The number of hydrogen-bond acceptors (Lipinski definition) is 9. The molecule has 4 N–H and O–H groups in total. The molecule has 1 fully saturated rings. The zero-order valence-electron chi connectivity index (χ0n) is 20.4. The van der Waals surface area contributed by atoms with Crippen LogP contribution in [-0.4, -0.2) is 49.9 Å². The van der Waals surface area contributed by atoms with Crippen LogP contribution >= 0.6 is 24.0 Å². The van der Waals surface area contributed by atoms with E-state index in [1.165, 1.54) is 42.8 Å². The number of pyridine rings is 1. The summed E-state index contributed by atoms with van der Waals surface area (Å²) in [6.45, 7) is 4.77. The topological polar surface area (TPSA) is 122 Å². The van der Waals surface area contributed by atoms with Gasteiger partial charge in [-0.15, -0.1) is 11.3 Å². The lowest BCUT2D eigenvalue weighted by Crippen LogP contribution is -2.06. The zero-order chi connectivity index (χ0) is 26.5. The van der Waals surface area contributed by atoms with E-state index in [2.05, 4.69) is 42.9 Å². The van der Waals surface area contributed by atoms with E-state index in [0.29, 0.717) is 38.6 Å². The number of nitrogens with one attached hydrogen (secondary N) is 2. The van der Waals surface area contributed by atoms with E-state index >= 15 is 0 Å². The number of anilines is 1. The van der Waals surface area contributed by atoms with E-state index in [0.717, 1.165) is 23.2 Å².